The van der Waals surface area contributed by atoms with Gasteiger partial charge in [0.05, 0.1) is 13.2 Å². The highest BCUT2D eigenvalue weighted by atomic mass is 31.2. The van der Waals surface area contributed by atoms with Crippen LogP contribution in [0.3, 0.4) is 0 Å². The fourth-order valence-corrected chi connectivity index (χ4v) is 6.16. The number of carbonyl (C=O) groups is 4. The smallest absolute Gasteiger partial charge is 0.472 e. The number of hydrogen-bond acceptors (Lipinski definition) is 10. The molecule has 0 aliphatic rings. The molecule has 0 rings (SSSR count). The van der Waals surface area contributed by atoms with Crippen molar-refractivity contribution in [3.63, 3.8) is 0 Å². The van der Waals surface area contributed by atoms with Crippen molar-refractivity contribution in [2.45, 2.75) is 174 Å². The molecule has 59 heavy (non-hydrogen) atoms. The second-order valence-electron chi connectivity index (χ2n) is 14.5. The predicted octanol–water partition coefficient (Wildman–Crippen LogP) is 10.9. The van der Waals surface area contributed by atoms with Crippen molar-refractivity contribution in [2.24, 2.45) is 5.73 Å². The van der Waals surface area contributed by atoms with Crippen LogP contribution in [0.1, 0.15) is 162 Å². The fraction of sp³-hybridized carbons (Fsp3) is 0.652. The molecule has 12 nitrogen and oxygen atoms in total. The van der Waals surface area contributed by atoms with E-state index in [2.05, 4.69) is 73.1 Å². The van der Waals surface area contributed by atoms with E-state index in [-0.39, 0.29) is 18.6 Å². The first-order valence-corrected chi connectivity index (χ1v) is 23.4. The Kier molecular flexibility index (Phi) is 37.7. The molecule has 0 aromatic heterocycles. The molecule has 336 valence electrons. The van der Waals surface area contributed by atoms with E-state index < -0.39 is 57.7 Å². The van der Waals surface area contributed by atoms with Crippen LogP contribution in [0.5, 0.6) is 0 Å². The number of allylic oxidation sites excluding steroid dienone is 12. The molecule has 0 saturated heterocycles. The maximum Gasteiger partial charge on any atom is 0.472 e. The molecule has 0 aliphatic carbocycles. The molecule has 0 aromatic carbocycles. The van der Waals surface area contributed by atoms with Gasteiger partial charge in [-0.15, -0.1) is 0 Å². The molecule has 4 N–H and O–H groups in total. The number of carboxylic acids is 1. The maximum absolute atomic E-state index is 12.6. The Balaban J connectivity index is 4.52. The van der Waals surface area contributed by atoms with E-state index in [1.807, 2.05) is 6.08 Å². The number of carboxylic acid groups (broad SMARTS) is 1. The Morgan fingerprint density at radius 3 is 1.63 bits per heavy atom. The van der Waals surface area contributed by atoms with Gasteiger partial charge < -0.3 is 25.2 Å². The third kappa shape index (κ3) is 39.8. The van der Waals surface area contributed by atoms with Gasteiger partial charge in [-0.1, -0.05) is 132 Å². The highest BCUT2D eigenvalue weighted by molar-refractivity contribution is 7.47. The fourth-order valence-electron chi connectivity index (χ4n) is 5.38. The summed E-state index contributed by atoms with van der Waals surface area (Å²) in [6, 6.07) is -1.55. The molecule has 0 heterocycles. The zero-order chi connectivity index (χ0) is 43.7. The lowest BCUT2D eigenvalue weighted by molar-refractivity contribution is -0.161. The van der Waals surface area contributed by atoms with Gasteiger partial charge in [0.2, 0.25) is 0 Å². The minimum Gasteiger partial charge on any atom is -0.480 e. The molecular weight excluding hydrogens is 773 g/mol. The lowest BCUT2D eigenvalue weighted by Gasteiger charge is -2.20. The molecule has 1 unspecified atom stereocenters. The summed E-state index contributed by atoms with van der Waals surface area (Å²) in [6.45, 7) is 2.55. The summed E-state index contributed by atoms with van der Waals surface area (Å²) in [5, 5.41) is 8.89. The van der Waals surface area contributed by atoms with Crippen LogP contribution >= 0.6 is 7.82 Å². The van der Waals surface area contributed by atoms with Crippen LogP contribution in [0.15, 0.2) is 72.9 Å². The minimum absolute atomic E-state index is 0.0664. The number of carbonyl (C=O) groups excluding carboxylic acids is 3. The number of ketones is 1. The van der Waals surface area contributed by atoms with Crippen molar-refractivity contribution < 1.29 is 52.3 Å². The number of phosphoric acid groups is 1. The van der Waals surface area contributed by atoms with Crippen molar-refractivity contribution in [1.29, 1.82) is 0 Å². The third-order valence-electron chi connectivity index (χ3n) is 8.90. The first-order valence-electron chi connectivity index (χ1n) is 21.9. The van der Waals surface area contributed by atoms with Gasteiger partial charge in [-0.25, -0.2) is 4.57 Å². The SMILES string of the molecule is CCCCC/C=C\C=C\C(=O)CCCCCCCC(=O)O[C@H](COC(=O)CCCCC/C=C\C/C=C\C/C=C\C/C=C\CCCCC)COP(=O)(O)OC[C@H](N)C(=O)O. The first kappa shape index (κ1) is 55.6. The van der Waals surface area contributed by atoms with Crippen LogP contribution in [0.25, 0.3) is 0 Å². The highest BCUT2D eigenvalue weighted by Gasteiger charge is 2.28. The van der Waals surface area contributed by atoms with Crippen molar-refractivity contribution >= 4 is 31.5 Å². The van der Waals surface area contributed by atoms with Crippen molar-refractivity contribution in [3.05, 3.63) is 72.9 Å². The van der Waals surface area contributed by atoms with Gasteiger partial charge in [-0.05, 0) is 83.1 Å². The molecule has 0 aliphatic heterocycles. The summed E-state index contributed by atoms with van der Waals surface area (Å²) in [5.74, 6) is -2.45. The number of rotatable bonds is 40. The predicted molar refractivity (Wildman–Crippen MR) is 236 cm³/mol. The number of aliphatic carboxylic acids is 1. The standard InChI is InChI=1S/C46H76NO11P/c1-3-5-7-9-11-12-13-14-15-16-17-18-19-20-21-22-24-28-32-36-44(49)55-38-42(39-56-59(53,54)57-40-43(47)46(51)52)58-45(50)37-33-29-25-27-31-35-41(48)34-30-26-23-10-8-6-4-2/h11-12,14-15,17-18,20-21,23,26,30,34,42-43H,3-10,13,16,19,22,24-25,27-29,31-33,35-40,47H2,1-2H3,(H,51,52)(H,53,54)/b12-11-,15-14-,18-17-,21-20-,26-23-,34-30+/t42-,43+/m1/s1. The van der Waals surface area contributed by atoms with Crippen LogP contribution in [0, 0.1) is 0 Å². The van der Waals surface area contributed by atoms with E-state index in [1.54, 1.807) is 12.2 Å². The van der Waals surface area contributed by atoms with Gasteiger partial charge in [0.1, 0.15) is 12.6 Å². The van der Waals surface area contributed by atoms with Crippen LogP contribution in [0.2, 0.25) is 0 Å². The molecule has 0 bridgehead atoms. The molecule has 0 amide bonds. The second-order valence-corrected chi connectivity index (χ2v) is 16.0. The first-order chi connectivity index (χ1) is 28.5. The zero-order valence-electron chi connectivity index (χ0n) is 36.1. The average molecular weight is 850 g/mol. The third-order valence-corrected chi connectivity index (χ3v) is 9.85. The quantitative estimate of drug-likeness (QED) is 0.0132. The second kappa shape index (κ2) is 40.0. The van der Waals surface area contributed by atoms with Crippen molar-refractivity contribution in [1.82, 2.24) is 0 Å². The lowest BCUT2D eigenvalue weighted by atomic mass is 10.1. The molecule has 0 spiro atoms. The maximum atomic E-state index is 12.6. The Bertz CT molecular complexity index is 1340. The lowest BCUT2D eigenvalue weighted by Crippen LogP contribution is -2.34. The Morgan fingerprint density at radius 2 is 1.05 bits per heavy atom. The molecule has 0 aromatic rings. The van der Waals surface area contributed by atoms with E-state index in [9.17, 15) is 28.6 Å². The van der Waals surface area contributed by atoms with Gasteiger partial charge in [0.25, 0.3) is 0 Å². The summed E-state index contributed by atoms with van der Waals surface area (Å²) < 4.78 is 32.6. The van der Waals surface area contributed by atoms with Crippen LogP contribution < -0.4 is 5.73 Å². The summed E-state index contributed by atoms with van der Waals surface area (Å²) in [6.07, 6.45) is 43.6. The van der Waals surface area contributed by atoms with Crippen molar-refractivity contribution in [3.8, 4) is 0 Å². The highest BCUT2D eigenvalue weighted by Crippen LogP contribution is 2.43. The molecule has 13 heteroatoms. The molecular formula is C46H76NO11P. The van der Waals surface area contributed by atoms with Gasteiger partial charge in [-0.2, -0.15) is 0 Å². The van der Waals surface area contributed by atoms with E-state index in [4.69, 9.17) is 24.8 Å². The number of esters is 2. The normalized spacial score (nSPS) is 14.3. The number of ether oxygens (including phenoxy) is 2. The molecule has 3 atom stereocenters. The zero-order valence-corrected chi connectivity index (χ0v) is 37.0. The minimum atomic E-state index is -4.76. The van der Waals surface area contributed by atoms with Gasteiger partial charge in [-0.3, -0.25) is 28.2 Å². The van der Waals surface area contributed by atoms with Gasteiger partial charge >= 0.3 is 25.7 Å². The largest absolute Gasteiger partial charge is 0.480 e. The Labute approximate surface area is 355 Å². The van der Waals surface area contributed by atoms with E-state index in [1.165, 1.54) is 32.1 Å². The summed E-state index contributed by atoms with van der Waals surface area (Å²) in [4.78, 5) is 58.0. The Hall–Kier alpha value is -3.41. The average Bonchev–Trinajstić information content (AvgIpc) is 3.21. The summed E-state index contributed by atoms with van der Waals surface area (Å²) >= 11 is 0. The number of nitrogens with two attached hydrogens (primary N) is 1. The van der Waals surface area contributed by atoms with E-state index >= 15 is 0 Å². The molecule has 0 saturated carbocycles. The number of hydrogen-bond donors (Lipinski definition) is 3. The number of phosphoric ester groups is 1. The van der Waals surface area contributed by atoms with Crippen molar-refractivity contribution in [2.75, 3.05) is 19.8 Å². The van der Waals surface area contributed by atoms with Gasteiger partial charge in [0.15, 0.2) is 11.9 Å². The Morgan fingerprint density at radius 1 is 0.576 bits per heavy atom. The monoisotopic (exact) mass is 850 g/mol. The van der Waals surface area contributed by atoms with E-state index in [0.717, 1.165) is 83.5 Å². The van der Waals surface area contributed by atoms with Crippen LogP contribution in [-0.4, -0.2) is 65.7 Å². The molecule has 0 fully saturated rings. The number of unbranched alkanes of at least 4 members (excludes halogenated alkanes) is 13. The van der Waals surface area contributed by atoms with E-state index in [0.29, 0.717) is 19.3 Å². The summed E-state index contributed by atoms with van der Waals surface area (Å²) in [7, 11) is -4.76. The van der Waals surface area contributed by atoms with Gasteiger partial charge in [0, 0.05) is 19.3 Å². The molecule has 0 radical (unpaired) electrons. The topological polar surface area (TPSA) is 189 Å². The van der Waals surface area contributed by atoms with Crippen LogP contribution in [-0.2, 0) is 42.3 Å². The van der Waals surface area contributed by atoms with Crippen LogP contribution in [0.4, 0.5) is 0 Å². The summed E-state index contributed by atoms with van der Waals surface area (Å²) in [5.41, 5.74) is 5.32.